The van der Waals surface area contributed by atoms with E-state index in [1.165, 1.54) is 5.56 Å². The molecule has 1 unspecified atom stereocenters. The first-order valence-electron chi connectivity index (χ1n) is 7.82. The van der Waals surface area contributed by atoms with Gasteiger partial charge in [0, 0.05) is 19.0 Å². The smallest absolute Gasteiger partial charge is 0.260 e. The van der Waals surface area contributed by atoms with E-state index >= 15 is 0 Å². The van der Waals surface area contributed by atoms with Gasteiger partial charge in [0.05, 0.1) is 12.6 Å². The molecule has 0 bridgehead atoms. The van der Waals surface area contributed by atoms with Gasteiger partial charge in [-0.05, 0) is 25.1 Å². The molecule has 4 heteroatoms. The minimum atomic E-state index is -0.0349. The zero-order chi connectivity index (χ0) is 16.2. The maximum absolute atomic E-state index is 12.5. The van der Waals surface area contributed by atoms with E-state index in [0.29, 0.717) is 12.4 Å². The van der Waals surface area contributed by atoms with Gasteiger partial charge in [-0.25, -0.2) is 0 Å². The van der Waals surface area contributed by atoms with E-state index in [9.17, 15) is 4.79 Å². The van der Waals surface area contributed by atoms with Crippen molar-refractivity contribution >= 4 is 5.91 Å². The molecule has 1 aliphatic rings. The highest BCUT2D eigenvalue weighted by Gasteiger charge is 2.27. The molecule has 0 aliphatic carbocycles. The summed E-state index contributed by atoms with van der Waals surface area (Å²) >= 11 is 0. The van der Waals surface area contributed by atoms with Gasteiger partial charge in [-0.2, -0.15) is 0 Å². The van der Waals surface area contributed by atoms with Crippen molar-refractivity contribution in [3.05, 3.63) is 59.7 Å². The van der Waals surface area contributed by atoms with Crippen LogP contribution < -0.4 is 9.47 Å². The van der Waals surface area contributed by atoms with E-state index in [1.54, 1.807) is 4.90 Å². The largest absolute Gasteiger partial charge is 0.493 e. The third-order valence-electron chi connectivity index (χ3n) is 4.17. The molecule has 0 fully saturated rings. The van der Waals surface area contributed by atoms with E-state index < -0.39 is 0 Å². The van der Waals surface area contributed by atoms with Crippen LogP contribution >= 0.6 is 0 Å². The number of carbonyl (C=O) groups is 1. The van der Waals surface area contributed by atoms with Crippen LogP contribution in [-0.2, 0) is 4.79 Å². The Morgan fingerprint density at radius 3 is 2.74 bits per heavy atom. The van der Waals surface area contributed by atoms with Crippen molar-refractivity contribution in [2.45, 2.75) is 19.4 Å². The summed E-state index contributed by atoms with van der Waals surface area (Å²) in [7, 11) is 1.83. The number of hydrogen-bond acceptors (Lipinski definition) is 3. The molecule has 1 aliphatic heterocycles. The van der Waals surface area contributed by atoms with Crippen molar-refractivity contribution in [2.75, 3.05) is 20.3 Å². The topological polar surface area (TPSA) is 38.8 Å². The van der Waals surface area contributed by atoms with E-state index in [0.717, 1.165) is 17.7 Å². The van der Waals surface area contributed by atoms with Crippen molar-refractivity contribution in [1.29, 1.82) is 0 Å². The Morgan fingerprint density at radius 1 is 1.22 bits per heavy atom. The van der Waals surface area contributed by atoms with Crippen LogP contribution in [-0.4, -0.2) is 31.1 Å². The molecule has 0 saturated heterocycles. The first-order chi connectivity index (χ1) is 11.1. The van der Waals surface area contributed by atoms with Crippen LogP contribution in [0.2, 0.25) is 0 Å². The molecule has 1 amide bonds. The van der Waals surface area contributed by atoms with Gasteiger partial charge < -0.3 is 14.4 Å². The van der Waals surface area contributed by atoms with Gasteiger partial charge in [0.25, 0.3) is 5.91 Å². The normalized spacial score (nSPS) is 16.2. The van der Waals surface area contributed by atoms with Gasteiger partial charge in [-0.3, -0.25) is 4.79 Å². The number of rotatable bonds is 4. The van der Waals surface area contributed by atoms with E-state index in [-0.39, 0.29) is 18.6 Å². The molecule has 1 heterocycles. The van der Waals surface area contributed by atoms with Crippen LogP contribution in [0.4, 0.5) is 0 Å². The highest BCUT2D eigenvalue weighted by molar-refractivity contribution is 5.78. The molecule has 4 nitrogen and oxygen atoms in total. The van der Waals surface area contributed by atoms with Gasteiger partial charge >= 0.3 is 0 Å². The molecule has 0 saturated carbocycles. The number of benzene rings is 2. The Kier molecular flexibility index (Phi) is 4.51. The summed E-state index contributed by atoms with van der Waals surface area (Å²) in [4.78, 5) is 14.2. The first kappa shape index (κ1) is 15.4. The van der Waals surface area contributed by atoms with Crippen molar-refractivity contribution in [1.82, 2.24) is 4.90 Å². The van der Waals surface area contributed by atoms with Crippen molar-refractivity contribution < 1.29 is 14.3 Å². The summed E-state index contributed by atoms with van der Waals surface area (Å²) < 4.78 is 11.3. The van der Waals surface area contributed by atoms with E-state index in [2.05, 4.69) is 0 Å². The highest BCUT2D eigenvalue weighted by Crippen LogP contribution is 2.35. The van der Waals surface area contributed by atoms with Gasteiger partial charge in [0.15, 0.2) is 6.61 Å². The monoisotopic (exact) mass is 311 g/mol. The molecule has 2 aromatic carbocycles. The average Bonchev–Trinajstić information content (AvgIpc) is 2.60. The summed E-state index contributed by atoms with van der Waals surface area (Å²) in [6.45, 7) is 2.68. The number of para-hydroxylation sites is 1. The minimum Gasteiger partial charge on any atom is -0.493 e. The average molecular weight is 311 g/mol. The maximum Gasteiger partial charge on any atom is 0.260 e. The quantitative estimate of drug-likeness (QED) is 0.869. The second-order valence-corrected chi connectivity index (χ2v) is 5.80. The molecule has 3 rings (SSSR count). The van der Waals surface area contributed by atoms with Crippen LogP contribution in [0.1, 0.15) is 23.6 Å². The number of nitrogens with zero attached hydrogens (tertiary/aromatic N) is 1. The van der Waals surface area contributed by atoms with Crippen LogP contribution in [0.5, 0.6) is 11.5 Å². The zero-order valence-electron chi connectivity index (χ0n) is 13.5. The lowest BCUT2D eigenvalue weighted by Gasteiger charge is -2.33. The summed E-state index contributed by atoms with van der Waals surface area (Å²) in [6.07, 6.45) is 0.795. The third-order valence-corrected chi connectivity index (χ3v) is 4.17. The number of carbonyl (C=O) groups excluding carboxylic acids is 1. The molecule has 0 N–H and O–H groups in total. The molecule has 1 atom stereocenters. The Balaban J connectivity index is 1.65. The Hall–Kier alpha value is -2.49. The number of likely N-dealkylation sites (N-methyl/N-ethyl adjacent to an activating group) is 1. The van der Waals surface area contributed by atoms with Crippen LogP contribution in [0.3, 0.4) is 0 Å². The fraction of sp³-hybridized carbons (Fsp3) is 0.316. The second kappa shape index (κ2) is 6.73. The molecule has 2 aromatic rings. The van der Waals surface area contributed by atoms with Gasteiger partial charge in [0.1, 0.15) is 11.5 Å². The lowest BCUT2D eigenvalue weighted by molar-refractivity contribution is -0.134. The van der Waals surface area contributed by atoms with Crippen molar-refractivity contribution in [3.8, 4) is 11.5 Å². The summed E-state index contributed by atoms with van der Waals surface area (Å²) in [5.41, 5.74) is 2.23. The summed E-state index contributed by atoms with van der Waals surface area (Å²) in [5, 5.41) is 0. The molecule has 0 radical (unpaired) electrons. The van der Waals surface area contributed by atoms with Crippen molar-refractivity contribution in [2.24, 2.45) is 0 Å². The van der Waals surface area contributed by atoms with Crippen molar-refractivity contribution in [3.63, 3.8) is 0 Å². The lowest BCUT2D eigenvalue weighted by Crippen LogP contribution is -2.37. The SMILES string of the molecule is Cc1ccc(OCC(=O)N(C)C2CCOc3ccccc32)cc1. The van der Waals surface area contributed by atoms with Gasteiger partial charge in [0.2, 0.25) is 0 Å². The maximum atomic E-state index is 12.5. The summed E-state index contributed by atoms with van der Waals surface area (Å²) in [6, 6.07) is 15.6. The molecule has 120 valence electrons. The van der Waals surface area contributed by atoms with Gasteiger partial charge in [-0.1, -0.05) is 35.9 Å². The van der Waals surface area contributed by atoms with Crippen LogP contribution in [0.15, 0.2) is 48.5 Å². The Labute approximate surface area is 136 Å². The molecular formula is C19H21NO3. The fourth-order valence-corrected chi connectivity index (χ4v) is 2.78. The highest BCUT2D eigenvalue weighted by atomic mass is 16.5. The van der Waals surface area contributed by atoms with E-state index in [1.807, 2.05) is 62.5 Å². The van der Waals surface area contributed by atoms with Crippen LogP contribution in [0, 0.1) is 6.92 Å². The molecular weight excluding hydrogens is 290 g/mol. The number of aryl methyl sites for hydroxylation is 1. The van der Waals surface area contributed by atoms with E-state index in [4.69, 9.17) is 9.47 Å². The number of ether oxygens (including phenoxy) is 2. The number of hydrogen-bond donors (Lipinski definition) is 0. The number of fused-ring (bicyclic) bond motifs is 1. The second-order valence-electron chi connectivity index (χ2n) is 5.80. The predicted octanol–water partition coefficient (Wildman–Crippen LogP) is 3.36. The standard InChI is InChI=1S/C19H21NO3/c1-14-7-9-15(10-8-14)23-13-19(21)20(2)17-11-12-22-18-6-4-3-5-16(17)18/h3-10,17H,11-13H2,1-2H3. The molecule has 0 aromatic heterocycles. The van der Waals surface area contributed by atoms with Gasteiger partial charge in [-0.15, -0.1) is 0 Å². The number of amides is 1. The minimum absolute atomic E-state index is 0.0349. The lowest BCUT2D eigenvalue weighted by atomic mass is 9.99. The molecule has 0 spiro atoms. The predicted molar refractivity (Wildman–Crippen MR) is 88.7 cm³/mol. The summed E-state index contributed by atoms with van der Waals surface area (Å²) in [5.74, 6) is 1.54. The molecule has 23 heavy (non-hydrogen) atoms. The Bertz CT molecular complexity index is 681. The first-order valence-corrected chi connectivity index (χ1v) is 7.82. The fourth-order valence-electron chi connectivity index (χ4n) is 2.78. The third kappa shape index (κ3) is 3.47. The zero-order valence-corrected chi connectivity index (χ0v) is 13.5. The van der Waals surface area contributed by atoms with Crippen LogP contribution in [0.25, 0.3) is 0 Å². The Morgan fingerprint density at radius 2 is 1.96 bits per heavy atom.